The van der Waals surface area contributed by atoms with E-state index >= 15 is 0 Å². The van der Waals surface area contributed by atoms with Crippen LogP contribution in [0.15, 0.2) is 52.8 Å². The summed E-state index contributed by atoms with van der Waals surface area (Å²) in [7, 11) is 0. The molecule has 8 heteroatoms. The third-order valence-electron chi connectivity index (χ3n) is 3.58. The largest absolute Gasteiger partial charge is 0.508 e. The van der Waals surface area contributed by atoms with Crippen molar-refractivity contribution in [1.29, 1.82) is 0 Å². The summed E-state index contributed by atoms with van der Waals surface area (Å²) in [4.78, 5) is 16.7. The van der Waals surface area contributed by atoms with Crippen molar-refractivity contribution in [2.45, 2.75) is 6.54 Å². The average molecular weight is 340 g/mol. The highest BCUT2D eigenvalue weighted by Crippen LogP contribution is 2.32. The van der Waals surface area contributed by atoms with Gasteiger partial charge in [0.15, 0.2) is 5.65 Å². The fraction of sp³-hybridized carbons (Fsp3) is 0.0625. The molecule has 4 aromatic rings. The van der Waals surface area contributed by atoms with Gasteiger partial charge in [-0.2, -0.15) is 0 Å². The molecule has 0 saturated carbocycles. The van der Waals surface area contributed by atoms with Crippen LogP contribution in [0.1, 0.15) is 5.01 Å². The number of hydrogen-bond acceptors (Lipinski definition) is 6. The molecule has 0 saturated heterocycles. The Morgan fingerprint density at radius 3 is 2.83 bits per heavy atom. The Hall–Kier alpha value is -3.13. The van der Waals surface area contributed by atoms with Crippen LogP contribution in [-0.2, 0) is 6.54 Å². The zero-order chi connectivity index (χ0) is 16.7. The van der Waals surface area contributed by atoms with Crippen molar-refractivity contribution >= 4 is 17.0 Å². The number of fused-ring (bicyclic) bond motifs is 1. The lowest BCUT2D eigenvalue weighted by Crippen LogP contribution is -2.21. The van der Waals surface area contributed by atoms with Crippen LogP contribution >= 0.6 is 11.3 Å². The lowest BCUT2D eigenvalue weighted by atomic mass is 10.1. The molecule has 3 heterocycles. The molecule has 24 heavy (non-hydrogen) atoms. The van der Waals surface area contributed by atoms with E-state index in [4.69, 9.17) is 0 Å². The van der Waals surface area contributed by atoms with E-state index in [9.17, 15) is 15.0 Å². The van der Waals surface area contributed by atoms with Crippen LogP contribution in [0.25, 0.3) is 16.9 Å². The summed E-state index contributed by atoms with van der Waals surface area (Å²) in [5, 5.41) is 26.0. The fourth-order valence-electron chi connectivity index (χ4n) is 2.44. The zero-order valence-electron chi connectivity index (χ0n) is 12.3. The maximum atomic E-state index is 12.3. The first kappa shape index (κ1) is 14.5. The standard InChI is InChI=1S/C16H12N4O3S/c21-10-4-5-11(13(22)7-10)12-9-24-15(17-12)8-20-16(23)19-6-2-1-3-14(19)18-20/h1-7,9,21-22H,8H2. The van der Waals surface area contributed by atoms with Gasteiger partial charge in [-0.25, -0.2) is 14.5 Å². The second-order valence-electron chi connectivity index (χ2n) is 5.20. The summed E-state index contributed by atoms with van der Waals surface area (Å²) >= 11 is 1.38. The number of hydrogen-bond donors (Lipinski definition) is 2. The van der Waals surface area contributed by atoms with E-state index in [0.29, 0.717) is 21.9 Å². The van der Waals surface area contributed by atoms with E-state index in [1.165, 1.54) is 32.6 Å². The molecule has 0 radical (unpaired) electrons. The van der Waals surface area contributed by atoms with Crippen LogP contribution in [-0.4, -0.2) is 29.4 Å². The monoisotopic (exact) mass is 340 g/mol. The Labute approximate surface area is 139 Å². The third-order valence-corrected chi connectivity index (χ3v) is 4.42. The zero-order valence-corrected chi connectivity index (χ0v) is 13.1. The quantitative estimate of drug-likeness (QED) is 0.596. The number of phenolic OH excluding ortho intramolecular Hbond substituents is 2. The second-order valence-corrected chi connectivity index (χ2v) is 6.14. The molecule has 0 aliphatic carbocycles. The Bertz CT molecular complexity index is 1100. The van der Waals surface area contributed by atoms with Gasteiger partial charge in [0, 0.05) is 23.2 Å². The van der Waals surface area contributed by atoms with Gasteiger partial charge in [-0.1, -0.05) is 6.07 Å². The first-order valence-electron chi connectivity index (χ1n) is 7.13. The Balaban J connectivity index is 1.67. The van der Waals surface area contributed by atoms with Gasteiger partial charge in [-0.05, 0) is 24.3 Å². The summed E-state index contributed by atoms with van der Waals surface area (Å²) in [6, 6.07) is 9.71. The van der Waals surface area contributed by atoms with Crippen molar-refractivity contribution in [2.75, 3.05) is 0 Å². The number of aromatic nitrogens is 4. The summed E-state index contributed by atoms with van der Waals surface area (Å²) in [6.07, 6.45) is 1.67. The maximum absolute atomic E-state index is 12.3. The third kappa shape index (κ3) is 2.42. The van der Waals surface area contributed by atoms with E-state index in [-0.39, 0.29) is 23.7 Å². The van der Waals surface area contributed by atoms with Gasteiger partial charge in [-0.15, -0.1) is 16.4 Å². The normalized spacial score (nSPS) is 11.2. The van der Waals surface area contributed by atoms with Crippen LogP contribution in [0.4, 0.5) is 0 Å². The Morgan fingerprint density at radius 1 is 1.17 bits per heavy atom. The van der Waals surface area contributed by atoms with Gasteiger partial charge >= 0.3 is 5.69 Å². The van der Waals surface area contributed by atoms with E-state index in [1.54, 1.807) is 29.8 Å². The number of pyridine rings is 1. The molecule has 0 atom stereocenters. The summed E-state index contributed by atoms with van der Waals surface area (Å²) in [6.45, 7) is 0.254. The first-order chi connectivity index (χ1) is 11.6. The average Bonchev–Trinajstić information content (AvgIpc) is 3.14. The highest BCUT2D eigenvalue weighted by atomic mass is 32.1. The van der Waals surface area contributed by atoms with Crippen molar-refractivity contribution in [3.8, 4) is 22.8 Å². The highest BCUT2D eigenvalue weighted by Gasteiger charge is 2.12. The Morgan fingerprint density at radius 2 is 2.04 bits per heavy atom. The number of thiazole rings is 1. The van der Waals surface area contributed by atoms with E-state index in [0.717, 1.165) is 0 Å². The molecule has 4 rings (SSSR count). The molecule has 7 nitrogen and oxygen atoms in total. The fourth-order valence-corrected chi connectivity index (χ4v) is 3.22. The highest BCUT2D eigenvalue weighted by molar-refractivity contribution is 7.09. The predicted molar refractivity (Wildman–Crippen MR) is 89.4 cm³/mol. The maximum Gasteiger partial charge on any atom is 0.350 e. The second kappa shape index (κ2) is 5.50. The number of aromatic hydroxyl groups is 2. The van der Waals surface area contributed by atoms with Crippen LogP contribution in [0, 0.1) is 0 Å². The minimum atomic E-state index is -0.227. The molecule has 2 N–H and O–H groups in total. The van der Waals surface area contributed by atoms with Crippen molar-refractivity contribution in [1.82, 2.24) is 19.2 Å². The van der Waals surface area contributed by atoms with Gasteiger partial charge in [-0.3, -0.25) is 4.40 Å². The van der Waals surface area contributed by atoms with Crippen LogP contribution in [0.5, 0.6) is 11.5 Å². The number of phenols is 2. The SMILES string of the molecule is O=c1n(Cc2nc(-c3ccc(O)cc3O)cs2)nc2ccccn12. The Kier molecular flexibility index (Phi) is 3.31. The molecule has 0 amide bonds. The van der Waals surface area contributed by atoms with E-state index in [1.807, 2.05) is 6.07 Å². The number of nitrogens with zero attached hydrogens (tertiary/aromatic N) is 4. The smallest absolute Gasteiger partial charge is 0.350 e. The molecule has 120 valence electrons. The van der Waals surface area contributed by atoms with E-state index < -0.39 is 0 Å². The first-order valence-corrected chi connectivity index (χ1v) is 8.01. The van der Waals surface area contributed by atoms with Crippen molar-refractivity contribution in [2.24, 2.45) is 0 Å². The van der Waals surface area contributed by atoms with Crippen molar-refractivity contribution in [3.05, 3.63) is 63.5 Å². The van der Waals surface area contributed by atoms with Crippen molar-refractivity contribution < 1.29 is 10.2 Å². The van der Waals surface area contributed by atoms with Gasteiger partial charge < -0.3 is 10.2 Å². The molecular formula is C16H12N4O3S. The summed E-state index contributed by atoms with van der Waals surface area (Å²) < 4.78 is 2.83. The lowest BCUT2D eigenvalue weighted by Gasteiger charge is -2.01. The molecule has 3 aromatic heterocycles. The van der Waals surface area contributed by atoms with E-state index in [2.05, 4.69) is 10.1 Å². The van der Waals surface area contributed by atoms with Gasteiger partial charge in [0.25, 0.3) is 0 Å². The van der Waals surface area contributed by atoms with Crippen molar-refractivity contribution in [3.63, 3.8) is 0 Å². The minimum Gasteiger partial charge on any atom is -0.508 e. The molecule has 0 bridgehead atoms. The van der Waals surface area contributed by atoms with Crippen LogP contribution in [0.2, 0.25) is 0 Å². The summed E-state index contributed by atoms with van der Waals surface area (Å²) in [5.41, 5.74) is 1.47. The van der Waals surface area contributed by atoms with Gasteiger partial charge in [0.1, 0.15) is 16.5 Å². The lowest BCUT2D eigenvalue weighted by molar-refractivity contribution is 0.452. The number of rotatable bonds is 3. The van der Waals surface area contributed by atoms with Gasteiger partial charge in [0.2, 0.25) is 0 Å². The number of benzene rings is 1. The topological polar surface area (TPSA) is 92.7 Å². The molecular weight excluding hydrogens is 328 g/mol. The minimum absolute atomic E-state index is 0.0112. The van der Waals surface area contributed by atoms with Gasteiger partial charge in [0.05, 0.1) is 12.2 Å². The summed E-state index contributed by atoms with van der Waals surface area (Å²) in [5.74, 6) is -0.0558. The molecule has 0 spiro atoms. The molecule has 0 aliphatic heterocycles. The molecule has 0 aliphatic rings. The molecule has 0 unspecified atom stereocenters. The van der Waals surface area contributed by atoms with Crippen LogP contribution in [0.3, 0.4) is 0 Å². The van der Waals surface area contributed by atoms with Crippen LogP contribution < -0.4 is 5.69 Å². The molecule has 0 fully saturated rings. The predicted octanol–water partition coefficient (Wildman–Crippen LogP) is 2.08. The molecule has 1 aromatic carbocycles.